The smallest absolute Gasteiger partial charge is 0.248 e. The van der Waals surface area contributed by atoms with E-state index in [0.29, 0.717) is 22.5 Å². The van der Waals surface area contributed by atoms with Crippen molar-refractivity contribution in [2.45, 2.75) is 43.5 Å². The van der Waals surface area contributed by atoms with Gasteiger partial charge in [0.25, 0.3) is 0 Å². The van der Waals surface area contributed by atoms with E-state index in [9.17, 15) is 13.2 Å². The number of anilines is 1. The molecule has 31 heavy (non-hydrogen) atoms. The van der Waals surface area contributed by atoms with Crippen molar-refractivity contribution in [3.63, 3.8) is 0 Å². The van der Waals surface area contributed by atoms with Gasteiger partial charge in [-0.05, 0) is 92.0 Å². The summed E-state index contributed by atoms with van der Waals surface area (Å²) in [6.45, 7) is 1.98. The van der Waals surface area contributed by atoms with E-state index in [0.717, 1.165) is 17.9 Å². The quantitative estimate of drug-likeness (QED) is 0.567. The van der Waals surface area contributed by atoms with Crippen molar-refractivity contribution in [2.24, 2.45) is 17.8 Å². The van der Waals surface area contributed by atoms with E-state index in [1.807, 2.05) is 19.1 Å². The molecule has 1 amide bonds. The zero-order valence-corrected chi connectivity index (χ0v) is 19.0. The van der Waals surface area contributed by atoms with Crippen LogP contribution in [0.1, 0.15) is 38.2 Å². The molecule has 0 aliphatic heterocycles. The summed E-state index contributed by atoms with van der Waals surface area (Å²) >= 11 is 5.85. The highest BCUT2D eigenvalue weighted by molar-refractivity contribution is 7.89. The Hall–Kier alpha value is -2.15. The lowest BCUT2D eigenvalue weighted by atomic mass is 9.84. The summed E-state index contributed by atoms with van der Waals surface area (Å²) in [4.78, 5) is 12.3. The lowest BCUT2D eigenvalue weighted by Crippen LogP contribution is -2.40. The molecule has 0 radical (unpaired) electrons. The molecule has 2 aromatic carbocycles. The van der Waals surface area contributed by atoms with Gasteiger partial charge in [0, 0.05) is 22.8 Å². The highest BCUT2D eigenvalue weighted by Crippen LogP contribution is 2.49. The Bertz CT molecular complexity index is 1070. The van der Waals surface area contributed by atoms with Crippen molar-refractivity contribution in [3.05, 3.63) is 65.2 Å². The van der Waals surface area contributed by atoms with Crippen molar-refractivity contribution < 1.29 is 13.2 Å². The molecule has 0 heterocycles. The fraction of sp³-hybridized carbons (Fsp3) is 0.375. The van der Waals surface area contributed by atoms with Crippen molar-refractivity contribution in [3.8, 4) is 0 Å². The van der Waals surface area contributed by atoms with Crippen LogP contribution in [0.15, 0.2) is 59.5 Å². The Kier molecular flexibility index (Phi) is 6.51. The average Bonchev–Trinajstić information content (AvgIpc) is 3.37. The molecule has 2 aromatic rings. The highest BCUT2D eigenvalue weighted by Gasteiger charge is 2.42. The minimum absolute atomic E-state index is 0.0716. The zero-order valence-electron chi connectivity index (χ0n) is 17.4. The van der Waals surface area contributed by atoms with Gasteiger partial charge in [-0.3, -0.25) is 4.79 Å². The number of rotatable bonds is 7. The fourth-order valence-corrected chi connectivity index (χ4v) is 6.37. The number of carbonyl (C=O) groups excluding carboxylic acids is 1. The van der Waals surface area contributed by atoms with Gasteiger partial charge in [0.05, 0.1) is 4.90 Å². The number of hydrogen-bond acceptors (Lipinski definition) is 3. The van der Waals surface area contributed by atoms with Crippen molar-refractivity contribution >= 4 is 39.3 Å². The van der Waals surface area contributed by atoms with Crippen molar-refractivity contribution in [1.82, 2.24) is 4.72 Å². The third-order valence-electron chi connectivity index (χ3n) is 6.51. The number of amides is 1. The molecule has 2 fully saturated rings. The first-order valence-electron chi connectivity index (χ1n) is 10.7. The monoisotopic (exact) mass is 458 g/mol. The molecular weight excluding hydrogens is 432 g/mol. The van der Waals surface area contributed by atoms with Crippen LogP contribution in [-0.2, 0) is 14.8 Å². The molecule has 4 rings (SSSR count). The van der Waals surface area contributed by atoms with Crippen LogP contribution in [0.2, 0.25) is 5.02 Å². The first-order chi connectivity index (χ1) is 14.8. The lowest BCUT2D eigenvalue weighted by Gasteiger charge is -2.28. The second-order valence-corrected chi connectivity index (χ2v) is 10.8. The first kappa shape index (κ1) is 22.1. The number of carbonyl (C=O) groups is 1. The Morgan fingerprint density at radius 2 is 1.77 bits per heavy atom. The van der Waals surface area contributed by atoms with Gasteiger partial charge in [-0.25, -0.2) is 13.1 Å². The number of nitrogens with one attached hydrogen (secondary N) is 2. The topological polar surface area (TPSA) is 75.3 Å². The number of halogens is 1. The Morgan fingerprint density at radius 1 is 1.06 bits per heavy atom. The number of benzene rings is 2. The third-order valence-corrected chi connectivity index (χ3v) is 8.33. The minimum Gasteiger partial charge on any atom is -0.323 e. The third kappa shape index (κ3) is 5.37. The van der Waals surface area contributed by atoms with Crippen LogP contribution in [0.4, 0.5) is 5.69 Å². The van der Waals surface area contributed by atoms with Crippen molar-refractivity contribution in [2.75, 3.05) is 5.32 Å². The summed E-state index contributed by atoms with van der Waals surface area (Å²) in [5.41, 5.74) is 1.39. The van der Waals surface area contributed by atoms with Crippen LogP contribution in [0.5, 0.6) is 0 Å². The van der Waals surface area contributed by atoms with Gasteiger partial charge in [-0.2, -0.15) is 0 Å². The van der Waals surface area contributed by atoms with E-state index in [4.69, 9.17) is 11.6 Å². The zero-order chi connectivity index (χ0) is 22.0. The predicted molar refractivity (Wildman–Crippen MR) is 124 cm³/mol. The molecule has 0 aromatic heterocycles. The maximum atomic E-state index is 12.8. The molecule has 0 unspecified atom stereocenters. The van der Waals surface area contributed by atoms with Gasteiger partial charge < -0.3 is 5.32 Å². The van der Waals surface area contributed by atoms with Gasteiger partial charge in [0.1, 0.15) is 0 Å². The second kappa shape index (κ2) is 9.15. The molecular formula is C24H27ClN2O3S. The molecule has 2 aliphatic rings. The average molecular weight is 459 g/mol. The van der Waals surface area contributed by atoms with E-state index in [1.165, 1.54) is 37.5 Å². The summed E-state index contributed by atoms with van der Waals surface area (Å²) < 4.78 is 28.5. The summed E-state index contributed by atoms with van der Waals surface area (Å²) in [5.74, 6) is 1.56. The molecule has 0 saturated heterocycles. The molecule has 164 valence electrons. The Labute approximate surface area is 188 Å². The molecule has 4 atom stereocenters. The van der Waals surface area contributed by atoms with Gasteiger partial charge in [-0.1, -0.05) is 30.2 Å². The highest BCUT2D eigenvalue weighted by atomic mass is 35.5. The summed E-state index contributed by atoms with van der Waals surface area (Å²) in [6, 6.07) is 13.3. The van der Waals surface area contributed by atoms with E-state index in [2.05, 4.69) is 10.0 Å². The van der Waals surface area contributed by atoms with E-state index in [-0.39, 0.29) is 16.8 Å². The van der Waals surface area contributed by atoms with Crippen LogP contribution >= 0.6 is 11.6 Å². The summed E-state index contributed by atoms with van der Waals surface area (Å²) in [5, 5.41) is 3.37. The molecule has 2 N–H and O–H groups in total. The minimum atomic E-state index is -3.60. The normalized spacial score (nSPS) is 23.9. The van der Waals surface area contributed by atoms with E-state index >= 15 is 0 Å². The first-order valence-corrected chi connectivity index (χ1v) is 12.5. The fourth-order valence-electron chi connectivity index (χ4n) is 4.95. The Morgan fingerprint density at radius 3 is 2.39 bits per heavy atom. The van der Waals surface area contributed by atoms with Crippen LogP contribution in [0.25, 0.3) is 6.08 Å². The van der Waals surface area contributed by atoms with Crippen LogP contribution in [0.3, 0.4) is 0 Å². The maximum Gasteiger partial charge on any atom is 0.248 e. The molecule has 0 spiro atoms. The maximum absolute atomic E-state index is 12.8. The van der Waals surface area contributed by atoms with Gasteiger partial charge in [-0.15, -0.1) is 0 Å². The van der Waals surface area contributed by atoms with Gasteiger partial charge in [0.2, 0.25) is 15.9 Å². The van der Waals surface area contributed by atoms with Crippen LogP contribution in [0, 0.1) is 17.8 Å². The molecule has 7 heteroatoms. The summed E-state index contributed by atoms with van der Waals surface area (Å²) in [6.07, 6.45) is 8.00. The second-order valence-electron chi connectivity index (χ2n) is 8.65. The molecule has 2 bridgehead atoms. The molecule has 5 nitrogen and oxygen atoms in total. The lowest BCUT2D eigenvalue weighted by molar-refractivity contribution is -0.111. The van der Waals surface area contributed by atoms with Crippen LogP contribution in [-0.4, -0.2) is 20.4 Å². The van der Waals surface area contributed by atoms with Crippen molar-refractivity contribution in [1.29, 1.82) is 0 Å². The predicted octanol–water partition coefficient (Wildman–Crippen LogP) is 5.09. The number of fused-ring (bicyclic) bond motifs is 2. The summed E-state index contributed by atoms with van der Waals surface area (Å²) in [7, 11) is -3.60. The molecule has 2 saturated carbocycles. The number of sulfonamides is 1. The number of hydrogen-bond donors (Lipinski definition) is 2. The molecule has 2 aliphatic carbocycles. The Balaban J connectivity index is 1.34. The SMILES string of the molecule is C[C@@H](NS(=O)(=O)c1ccc(NC(=O)/C=C/c2ccc(Cl)cc2)cc1)[C@@H]1C[C@H]2CC[C@H]1C2. The largest absolute Gasteiger partial charge is 0.323 e. The standard InChI is InChI=1S/C24H27ClN2O3S/c1-16(23-15-18-2-6-19(23)14-18)27-31(29,30)22-11-9-21(10-12-22)26-24(28)13-5-17-3-7-20(25)8-4-17/h3-5,7-13,16,18-19,23,27H,2,6,14-15H2,1H3,(H,26,28)/b13-5+/t16-,18+,19+,23+/m1/s1. The van der Waals surface area contributed by atoms with E-state index < -0.39 is 10.0 Å². The van der Waals surface area contributed by atoms with Gasteiger partial charge in [0.15, 0.2) is 0 Å². The van der Waals surface area contributed by atoms with E-state index in [1.54, 1.807) is 30.3 Å². The van der Waals surface area contributed by atoms with Gasteiger partial charge >= 0.3 is 0 Å². The van der Waals surface area contributed by atoms with Crippen LogP contribution < -0.4 is 10.0 Å².